The lowest BCUT2D eigenvalue weighted by Gasteiger charge is -2.14. The molecule has 0 aliphatic heterocycles. The zero-order valence-corrected chi connectivity index (χ0v) is 15.4. The van der Waals surface area contributed by atoms with Gasteiger partial charge in [-0.2, -0.15) is 0 Å². The first-order chi connectivity index (χ1) is 10.2. The first kappa shape index (κ1) is 18.3. The second-order valence-electron chi connectivity index (χ2n) is 4.65. The molecule has 2 N–H and O–H groups in total. The van der Waals surface area contributed by atoms with Crippen molar-refractivity contribution < 1.29 is 4.74 Å². The number of benzene rings is 2. The molecule has 5 heteroatoms. The first-order valence-electron chi connectivity index (χ1n) is 6.94. The van der Waals surface area contributed by atoms with Crippen molar-refractivity contribution in [2.75, 3.05) is 14.1 Å². The summed E-state index contributed by atoms with van der Waals surface area (Å²) in [6.45, 7) is 2.69. The van der Waals surface area contributed by atoms with E-state index in [4.69, 9.17) is 4.74 Å². The van der Waals surface area contributed by atoms with E-state index in [1.54, 1.807) is 7.05 Å². The number of aryl methyl sites for hydroxylation is 1. The molecule has 2 rings (SSSR count). The van der Waals surface area contributed by atoms with Crippen molar-refractivity contribution in [3.05, 3.63) is 59.7 Å². The zero-order valence-electron chi connectivity index (χ0n) is 13.1. The third-order valence-electron chi connectivity index (χ3n) is 3.19. The number of ether oxygens (including phenoxy) is 1. The van der Waals surface area contributed by atoms with Crippen LogP contribution in [0.3, 0.4) is 0 Å². The summed E-state index contributed by atoms with van der Waals surface area (Å²) in [5, 5.41) is 6.23. The molecular weight excluding hydrogens is 389 g/mol. The molecule has 0 amide bonds. The number of para-hydroxylation sites is 2. The fourth-order valence-electron chi connectivity index (χ4n) is 2.00. The summed E-state index contributed by atoms with van der Waals surface area (Å²) < 4.78 is 6.04. The van der Waals surface area contributed by atoms with Crippen LogP contribution in [0.25, 0.3) is 0 Å². The van der Waals surface area contributed by atoms with Gasteiger partial charge in [0, 0.05) is 26.2 Å². The van der Waals surface area contributed by atoms with Gasteiger partial charge in [-0.05, 0) is 24.6 Å². The summed E-state index contributed by atoms with van der Waals surface area (Å²) in [4.78, 5) is 4.10. The third kappa shape index (κ3) is 4.91. The van der Waals surface area contributed by atoms with Crippen LogP contribution < -0.4 is 15.4 Å². The van der Waals surface area contributed by atoms with E-state index in [1.807, 2.05) is 62.5 Å². The van der Waals surface area contributed by atoms with Crippen LogP contribution >= 0.6 is 24.0 Å². The van der Waals surface area contributed by atoms with Crippen LogP contribution in [0.4, 0.5) is 0 Å². The van der Waals surface area contributed by atoms with Crippen LogP contribution in [0.5, 0.6) is 11.5 Å². The zero-order chi connectivity index (χ0) is 15.1. The van der Waals surface area contributed by atoms with Gasteiger partial charge in [0.25, 0.3) is 0 Å². The second kappa shape index (κ2) is 9.30. The molecule has 0 fully saturated rings. The average Bonchev–Trinajstić information content (AvgIpc) is 2.52. The minimum Gasteiger partial charge on any atom is -0.457 e. The Morgan fingerprint density at radius 3 is 2.32 bits per heavy atom. The highest BCUT2D eigenvalue weighted by Gasteiger charge is 2.06. The second-order valence-corrected chi connectivity index (χ2v) is 4.65. The number of rotatable bonds is 4. The van der Waals surface area contributed by atoms with Crippen molar-refractivity contribution >= 4 is 29.9 Å². The molecule has 0 atom stereocenters. The molecule has 0 saturated carbocycles. The Labute approximate surface area is 149 Å². The molecular formula is C17H22IN3O. The van der Waals surface area contributed by atoms with Gasteiger partial charge in [-0.3, -0.25) is 4.99 Å². The summed E-state index contributed by atoms with van der Waals surface area (Å²) in [5.74, 6) is 2.48. The Hall–Kier alpha value is -1.76. The van der Waals surface area contributed by atoms with E-state index in [2.05, 4.69) is 15.6 Å². The van der Waals surface area contributed by atoms with Gasteiger partial charge in [0.1, 0.15) is 11.5 Å². The molecule has 0 radical (unpaired) electrons. The Balaban J connectivity index is 0.00000242. The molecule has 0 saturated heterocycles. The molecule has 0 aliphatic carbocycles. The number of halogens is 1. The van der Waals surface area contributed by atoms with E-state index < -0.39 is 0 Å². The molecule has 2 aromatic rings. The van der Waals surface area contributed by atoms with Crippen LogP contribution in [0.1, 0.15) is 11.1 Å². The molecule has 0 aliphatic rings. The van der Waals surface area contributed by atoms with Crippen LogP contribution in [0, 0.1) is 6.92 Å². The Kier molecular flexibility index (Phi) is 7.73. The number of hydrogen-bond donors (Lipinski definition) is 2. The topological polar surface area (TPSA) is 45.7 Å². The van der Waals surface area contributed by atoms with E-state index in [0.717, 1.165) is 28.6 Å². The van der Waals surface area contributed by atoms with Crippen molar-refractivity contribution in [1.29, 1.82) is 0 Å². The lowest BCUT2D eigenvalue weighted by molar-refractivity contribution is 0.471. The standard InChI is InChI=1S/C17H21N3O.HI/c1-13-8-4-6-10-15(13)21-16-11-7-5-9-14(16)12-20-17(18-2)19-3;/h4-11H,12H2,1-3H3,(H2,18,19,20);1H. The predicted molar refractivity (Wildman–Crippen MR) is 102 cm³/mol. The molecule has 118 valence electrons. The summed E-state index contributed by atoms with van der Waals surface area (Å²) in [6, 6.07) is 16.0. The Morgan fingerprint density at radius 1 is 1.05 bits per heavy atom. The van der Waals surface area contributed by atoms with Crippen molar-refractivity contribution in [1.82, 2.24) is 10.6 Å². The summed E-state index contributed by atoms with van der Waals surface area (Å²) in [7, 11) is 3.58. The van der Waals surface area contributed by atoms with Gasteiger partial charge in [0.15, 0.2) is 5.96 Å². The number of guanidine groups is 1. The molecule has 2 aromatic carbocycles. The highest BCUT2D eigenvalue weighted by molar-refractivity contribution is 14.0. The SMILES string of the molecule is CN=C(NC)NCc1ccccc1Oc1ccccc1C.I. The quantitative estimate of drug-likeness (QED) is 0.458. The summed E-state index contributed by atoms with van der Waals surface area (Å²) >= 11 is 0. The Morgan fingerprint density at radius 2 is 1.68 bits per heavy atom. The first-order valence-corrected chi connectivity index (χ1v) is 6.94. The normalized spacial score (nSPS) is 10.6. The highest BCUT2D eigenvalue weighted by atomic mass is 127. The minimum atomic E-state index is 0. The number of hydrogen-bond acceptors (Lipinski definition) is 2. The molecule has 0 aromatic heterocycles. The highest BCUT2D eigenvalue weighted by Crippen LogP contribution is 2.27. The molecule has 0 unspecified atom stereocenters. The lowest BCUT2D eigenvalue weighted by atomic mass is 10.2. The fourth-order valence-corrected chi connectivity index (χ4v) is 2.00. The number of nitrogens with one attached hydrogen (secondary N) is 2. The summed E-state index contributed by atoms with van der Waals surface area (Å²) in [5.41, 5.74) is 2.20. The van der Waals surface area contributed by atoms with Crippen LogP contribution in [0.2, 0.25) is 0 Å². The minimum absolute atomic E-state index is 0. The largest absolute Gasteiger partial charge is 0.457 e. The van der Waals surface area contributed by atoms with E-state index in [9.17, 15) is 0 Å². The van der Waals surface area contributed by atoms with Gasteiger partial charge in [-0.15, -0.1) is 24.0 Å². The van der Waals surface area contributed by atoms with Crippen molar-refractivity contribution in [2.45, 2.75) is 13.5 Å². The maximum absolute atomic E-state index is 6.04. The maximum atomic E-state index is 6.04. The van der Waals surface area contributed by atoms with Gasteiger partial charge < -0.3 is 15.4 Å². The number of nitrogens with zero attached hydrogens (tertiary/aromatic N) is 1. The van der Waals surface area contributed by atoms with Crippen LogP contribution in [-0.4, -0.2) is 20.1 Å². The van der Waals surface area contributed by atoms with Crippen LogP contribution in [0.15, 0.2) is 53.5 Å². The van der Waals surface area contributed by atoms with E-state index in [0.29, 0.717) is 6.54 Å². The van der Waals surface area contributed by atoms with Gasteiger partial charge in [-0.1, -0.05) is 36.4 Å². The van der Waals surface area contributed by atoms with E-state index >= 15 is 0 Å². The van der Waals surface area contributed by atoms with Crippen molar-refractivity contribution in [3.63, 3.8) is 0 Å². The Bertz CT molecular complexity index is 629. The third-order valence-corrected chi connectivity index (χ3v) is 3.19. The number of aliphatic imine (C=N–C) groups is 1. The monoisotopic (exact) mass is 411 g/mol. The van der Waals surface area contributed by atoms with Gasteiger partial charge >= 0.3 is 0 Å². The summed E-state index contributed by atoms with van der Waals surface area (Å²) in [6.07, 6.45) is 0. The molecule has 4 nitrogen and oxygen atoms in total. The van der Waals surface area contributed by atoms with Gasteiger partial charge in [-0.25, -0.2) is 0 Å². The maximum Gasteiger partial charge on any atom is 0.190 e. The van der Waals surface area contributed by atoms with Crippen LogP contribution in [-0.2, 0) is 6.54 Å². The molecule has 0 bridgehead atoms. The van der Waals surface area contributed by atoms with E-state index in [1.165, 1.54) is 0 Å². The van der Waals surface area contributed by atoms with Gasteiger partial charge in [0.05, 0.1) is 0 Å². The molecule has 0 heterocycles. The fraction of sp³-hybridized carbons (Fsp3) is 0.235. The van der Waals surface area contributed by atoms with E-state index in [-0.39, 0.29) is 24.0 Å². The molecule has 22 heavy (non-hydrogen) atoms. The van der Waals surface area contributed by atoms with Crippen molar-refractivity contribution in [3.8, 4) is 11.5 Å². The van der Waals surface area contributed by atoms with Crippen molar-refractivity contribution in [2.24, 2.45) is 4.99 Å². The predicted octanol–water partition coefficient (Wildman–Crippen LogP) is 3.70. The van der Waals surface area contributed by atoms with Gasteiger partial charge in [0.2, 0.25) is 0 Å². The molecule has 0 spiro atoms. The smallest absolute Gasteiger partial charge is 0.190 e. The average molecular weight is 411 g/mol. The lowest BCUT2D eigenvalue weighted by Crippen LogP contribution is -2.34.